The molecule has 3 nitrogen and oxygen atoms in total. The molecule has 78 valence electrons. The standard InChI is InChI=1S/C11H17NO2/c1-7-4-5-10(14-7)11-9(3)13-8(2)6-12-11/h4-5,8-9,11-12H,6H2,1-3H3/t8-,9+,11-/m1/s1. The predicted octanol–water partition coefficient (Wildman–Crippen LogP) is 2.03. The SMILES string of the molecule is Cc1ccc([C@@H]2NC[C@@H](C)O[C@H]2C)o1. The van der Waals surface area contributed by atoms with Crippen LogP contribution in [-0.2, 0) is 4.74 Å². The number of hydrogen-bond acceptors (Lipinski definition) is 3. The summed E-state index contributed by atoms with van der Waals surface area (Å²) in [4.78, 5) is 0. The van der Waals surface area contributed by atoms with Gasteiger partial charge in [-0.3, -0.25) is 0 Å². The first-order valence-corrected chi connectivity index (χ1v) is 5.12. The van der Waals surface area contributed by atoms with Crippen LogP contribution >= 0.6 is 0 Å². The fraction of sp³-hybridized carbons (Fsp3) is 0.636. The van der Waals surface area contributed by atoms with Crippen LogP contribution in [0.4, 0.5) is 0 Å². The molecule has 1 saturated heterocycles. The molecule has 0 bridgehead atoms. The Bertz CT molecular complexity index is 308. The molecule has 0 unspecified atom stereocenters. The van der Waals surface area contributed by atoms with Crippen LogP contribution in [0.5, 0.6) is 0 Å². The van der Waals surface area contributed by atoms with Crippen molar-refractivity contribution in [2.75, 3.05) is 6.54 Å². The lowest BCUT2D eigenvalue weighted by atomic mass is 10.1. The molecule has 0 aliphatic carbocycles. The van der Waals surface area contributed by atoms with Gasteiger partial charge in [-0.1, -0.05) is 0 Å². The third kappa shape index (κ3) is 1.83. The first-order chi connectivity index (χ1) is 6.66. The van der Waals surface area contributed by atoms with Crippen LogP contribution in [0.1, 0.15) is 31.4 Å². The highest BCUT2D eigenvalue weighted by Crippen LogP contribution is 2.25. The van der Waals surface area contributed by atoms with E-state index < -0.39 is 0 Å². The van der Waals surface area contributed by atoms with Gasteiger partial charge in [0.1, 0.15) is 11.5 Å². The smallest absolute Gasteiger partial charge is 0.123 e. The Morgan fingerprint density at radius 3 is 2.71 bits per heavy atom. The van der Waals surface area contributed by atoms with Gasteiger partial charge in [-0.15, -0.1) is 0 Å². The fourth-order valence-corrected chi connectivity index (χ4v) is 1.90. The molecule has 0 aromatic carbocycles. The van der Waals surface area contributed by atoms with E-state index in [1.807, 2.05) is 19.1 Å². The maximum atomic E-state index is 5.74. The van der Waals surface area contributed by atoms with Crippen LogP contribution in [0, 0.1) is 6.92 Å². The molecule has 0 spiro atoms. The van der Waals surface area contributed by atoms with Gasteiger partial charge in [0.25, 0.3) is 0 Å². The van der Waals surface area contributed by atoms with E-state index in [-0.39, 0.29) is 18.2 Å². The molecule has 1 aliphatic heterocycles. The predicted molar refractivity (Wildman–Crippen MR) is 54.2 cm³/mol. The van der Waals surface area contributed by atoms with E-state index in [1.165, 1.54) is 0 Å². The summed E-state index contributed by atoms with van der Waals surface area (Å²) in [7, 11) is 0. The van der Waals surface area contributed by atoms with E-state index in [9.17, 15) is 0 Å². The lowest BCUT2D eigenvalue weighted by molar-refractivity contribution is -0.0490. The number of rotatable bonds is 1. The van der Waals surface area contributed by atoms with Crippen molar-refractivity contribution in [1.29, 1.82) is 0 Å². The first-order valence-electron chi connectivity index (χ1n) is 5.12. The molecule has 3 heteroatoms. The molecule has 1 aliphatic rings. The Morgan fingerprint density at radius 2 is 2.14 bits per heavy atom. The molecule has 2 heterocycles. The Balaban J connectivity index is 2.11. The van der Waals surface area contributed by atoms with Crippen molar-refractivity contribution in [1.82, 2.24) is 5.32 Å². The van der Waals surface area contributed by atoms with Gasteiger partial charge in [-0.05, 0) is 32.9 Å². The fourth-order valence-electron chi connectivity index (χ4n) is 1.90. The van der Waals surface area contributed by atoms with Crippen LogP contribution < -0.4 is 5.32 Å². The van der Waals surface area contributed by atoms with E-state index in [2.05, 4.69) is 19.2 Å². The number of furan rings is 1. The van der Waals surface area contributed by atoms with Gasteiger partial charge in [0, 0.05) is 6.54 Å². The summed E-state index contributed by atoms with van der Waals surface area (Å²) in [5, 5.41) is 3.43. The second-order valence-corrected chi connectivity index (χ2v) is 3.99. The second kappa shape index (κ2) is 3.75. The zero-order chi connectivity index (χ0) is 10.1. The van der Waals surface area contributed by atoms with Crippen molar-refractivity contribution in [2.24, 2.45) is 0 Å². The van der Waals surface area contributed by atoms with Crippen molar-refractivity contribution in [3.05, 3.63) is 23.7 Å². The van der Waals surface area contributed by atoms with Crippen molar-refractivity contribution in [3.8, 4) is 0 Å². The van der Waals surface area contributed by atoms with Crippen molar-refractivity contribution >= 4 is 0 Å². The van der Waals surface area contributed by atoms with E-state index >= 15 is 0 Å². The highest BCUT2D eigenvalue weighted by molar-refractivity contribution is 5.11. The van der Waals surface area contributed by atoms with E-state index in [1.54, 1.807) is 0 Å². The number of nitrogens with one attached hydrogen (secondary N) is 1. The summed E-state index contributed by atoms with van der Waals surface area (Å²) < 4.78 is 11.3. The Labute approximate surface area is 84.4 Å². The van der Waals surface area contributed by atoms with Gasteiger partial charge in [0.15, 0.2) is 0 Å². The molecule has 1 aromatic heterocycles. The van der Waals surface area contributed by atoms with Crippen LogP contribution in [0.3, 0.4) is 0 Å². The minimum absolute atomic E-state index is 0.171. The minimum Gasteiger partial charge on any atom is -0.465 e. The molecule has 1 N–H and O–H groups in total. The van der Waals surface area contributed by atoms with E-state index in [4.69, 9.17) is 9.15 Å². The molecule has 0 radical (unpaired) electrons. The molecule has 14 heavy (non-hydrogen) atoms. The normalized spacial score (nSPS) is 33.2. The van der Waals surface area contributed by atoms with E-state index in [0.29, 0.717) is 0 Å². The van der Waals surface area contributed by atoms with Crippen molar-refractivity contribution < 1.29 is 9.15 Å². The van der Waals surface area contributed by atoms with E-state index in [0.717, 1.165) is 18.1 Å². The monoisotopic (exact) mass is 195 g/mol. The summed E-state index contributed by atoms with van der Waals surface area (Å²) in [5.74, 6) is 1.93. The molecular weight excluding hydrogens is 178 g/mol. The van der Waals surface area contributed by atoms with Gasteiger partial charge >= 0.3 is 0 Å². The quantitative estimate of drug-likeness (QED) is 0.744. The zero-order valence-electron chi connectivity index (χ0n) is 8.91. The number of hydrogen-bond donors (Lipinski definition) is 1. The second-order valence-electron chi connectivity index (χ2n) is 3.99. The van der Waals surface area contributed by atoms with Gasteiger partial charge < -0.3 is 14.5 Å². The number of ether oxygens (including phenoxy) is 1. The average molecular weight is 195 g/mol. The van der Waals surface area contributed by atoms with Crippen LogP contribution in [-0.4, -0.2) is 18.8 Å². The lowest BCUT2D eigenvalue weighted by Gasteiger charge is -2.33. The molecule has 1 aromatic rings. The summed E-state index contributed by atoms with van der Waals surface area (Å²) in [6.07, 6.45) is 0.460. The Kier molecular flexibility index (Phi) is 2.61. The van der Waals surface area contributed by atoms with Gasteiger partial charge in [-0.2, -0.15) is 0 Å². The van der Waals surface area contributed by atoms with Crippen molar-refractivity contribution in [2.45, 2.75) is 39.0 Å². The zero-order valence-corrected chi connectivity index (χ0v) is 8.91. The van der Waals surface area contributed by atoms with Gasteiger partial charge in [-0.25, -0.2) is 0 Å². The average Bonchev–Trinajstić information content (AvgIpc) is 2.51. The van der Waals surface area contributed by atoms with Gasteiger partial charge in [0.2, 0.25) is 0 Å². The van der Waals surface area contributed by atoms with Crippen LogP contribution in [0.25, 0.3) is 0 Å². The van der Waals surface area contributed by atoms with Crippen molar-refractivity contribution in [3.63, 3.8) is 0 Å². The van der Waals surface area contributed by atoms with Crippen LogP contribution in [0.15, 0.2) is 16.5 Å². The Hall–Kier alpha value is -0.800. The molecule has 2 rings (SSSR count). The Morgan fingerprint density at radius 1 is 1.36 bits per heavy atom. The molecule has 0 saturated carbocycles. The summed E-state index contributed by atoms with van der Waals surface area (Å²) in [5.41, 5.74) is 0. The number of morpholine rings is 1. The first kappa shape index (κ1) is 9.74. The molecule has 1 fully saturated rings. The molecular formula is C11H17NO2. The summed E-state index contributed by atoms with van der Waals surface area (Å²) in [6.45, 7) is 6.99. The maximum absolute atomic E-state index is 5.74. The highest BCUT2D eigenvalue weighted by atomic mass is 16.5. The maximum Gasteiger partial charge on any atom is 0.123 e. The minimum atomic E-state index is 0.171. The lowest BCUT2D eigenvalue weighted by Crippen LogP contribution is -2.44. The third-order valence-electron chi connectivity index (χ3n) is 2.61. The number of aryl methyl sites for hydroxylation is 1. The van der Waals surface area contributed by atoms with Gasteiger partial charge in [0.05, 0.1) is 18.2 Å². The summed E-state index contributed by atoms with van der Waals surface area (Å²) >= 11 is 0. The summed E-state index contributed by atoms with van der Waals surface area (Å²) in [6, 6.07) is 4.20. The molecule has 3 atom stereocenters. The molecule has 0 amide bonds. The highest BCUT2D eigenvalue weighted by Gasteiger charge is 2.28. The topological polar surface area (TPSA) is 34.4 Å². The third-order valence-corrected chi connectivity index (χ3v) is 2.61. The van der Waals surface area contributed by atoms with Crippen LogP contribution in [0.2, 0.25) is 0 Å². The largest absolute Gasteiger partial charge is 0.465 e.